The lowest BCUT2D eigenvalue weighted by Crippen LogP contribution is -2.28. The molecule has 0 aliphatic heterocycles. The highest BCUT2D eigenvalue weighted by atomic mass is 32.1. The first kappa shape index (κ1) is 15.4. The van der Waals surface area contributed by atoms with Gasteiger partial charge in [-0.2, -0.15) is 0 Å². The normalized spacial score (nSPS) is 27.9. The Morgan fingerprint density at radius 1 is 1.38 bits per heavy atom. The fourth-order valence-electron chi connectivity index (χ4n) is 4.22. The monoisotopic (exact) mass is 307 g/mol. The van der Waals surface area contributed by atoms with Gasteiger partial charge >= 0.3 is 0 Å². The van der Waals surface area contributed by atoms with Gasteiger partial charge in [-0.05, 0) is 57.0 Å². The lowest BCUT2D eigenvalue weighted by Gasteiger charge is -2.26. The Balaban J connectivity index is 1.43. The lowest BCUT2D eigenvalue weighted by molar-refractivity contribution is 0.213. The van der Waals surface area contributed by atoms with Gasteiger partial charge in [-0.15, -0.1) is 11.3 Å². The van der Waals surface area contributed by atoms with Gasteiger partial charge in [0.15, 0.2) is 0 Å². The van der Waals surface area contributed by atoms with Crippen LogP contribution in [0.15, 0.2) is 5.38 Å². The van der Waals surface area contributed by atoms with Crippen molar-refractivity contribution in [3.05, 3.63) is 16.1 Å². The first-order chi connectivity index (χ1) is 10.2. The van der Waals surface area contributed by atoms with Gasteiger partial charge in [-0.1, -0.05) is 13.3 Å². The fraction of sp³-hybridized carbons (Fsp3) is 0.824. The molecule has 0 spiro atoms. The van der Waals surface area contributed by atoms with E-state index in [0.717, 1.165) is 37.4 Å². The van der Waals surface area contributed by atoms with Gasteiger partial charge in [0.1, 0.15) is 5.01 Å². The van der Waals surface area contributed by atoms with Crippen LogP contribution < -0.4 is 5.32 Å². The van der Waals surface area contributed by atoms with E-state index in [1.54, 1.807) is 11.3 Å². The molecule has 21 heavy (non-hydrogen) atoms. The summed E-state index contributed by atoms with van der Waals surface area (Å²) in [6.07, 6.45) is 7.18. The van der Waals surface area contributed by atoms with E-state index in [0.29, 0.717) is 0 Å². The van der Waals surface area contributed by atoms with Gasteiger partial charge < -0.3 is 10.2 Å². The third kappa shape index (κ3) is 4.05. The van der Waals surface area contributed by atoms with Crippen LogP contribution in [0.4, 0.5) is 0 Å². The molecule has 3 rings (SSSR count). The van der Waals surface area contributed by atoms with E-state index in [4.69, 9.17) is 4.98 Å². The molecule has 2 fully saturated rings. The Bertz CT molecular complexity index is 445. The Hall–Kier alpha value is -0.450. The molecular weight excluding hydrogens is 278 g/mol. The summed E-state index contributed by atoms with van der Waals surface area (Å²) in [6.45, 7) is 6.48. The van der Waals surface area contributed by atoms with Crippen LogP contribution in [0.5, 0.6) is 0 Å². The molecule has 0 saturated heterocycles. The zero-order valence-electron chi connectivity index (χ0n) is 13.5. The molecule has 2 bridgehead atoms. The first-order valence-electron chi connectivity index (χ1n) is 8.57. The molecule has 0 aromatic carbocycles. The van der Waals surface area contributed by atoms with Crippen molar-refractivity contribution in [1.82, 2.24) is 15.2 Å². The molecule has 1 aromatic rings. The minimum Gasteiger partial charge on any atom is -0.310 e. The predicted octanol–water partition coefficient (Wildman–Crippen LogP) is 3.51. The van der Waals surface area contributed by atoms with E-state index in [1.807, 2.05) is 0 Å². The molecule has 0 radical (unpaired) electrons. The number of thiazole rings is 1. The molecule has 3 unspecified atom stereocenters. The van der Waals surface area contributed by atoms with Crippen LogP contribution in [0.1, 0.15) is 49.7 Å². The molecule has 3 atom stereocenters. The number of hydrogen-bond donors (Lipinski definition) is 1. The van der Waals surface area contributed by atoms with Gasteiger partial charge in [0.25, 0.3) is 0 Å². The van der Waals surface area contributed by atoms with E-state index in [9.17, 15) is 0 Å². The van der Waals surface area contributed by atoms with E-state index in [-0.39, 0.29) is 0 Å². The third-order valence-corrected chi connectivity index (χ3v) is 6.06. The topological polar surface area (TPSA) is 28.2 Å². The van der Waals surface area contributed by atoms with Crippen molar-refractivity contribution in [2.45, 2.75) is 52.1 Å². The standard InChI is InChI=1S/C17H29N3S/c1-3-6-18-9-17-19-16(12-21-17)11-20(2)10-15-8-13-4-5-14(15)7-13/h12-15,18H,3-11H2,1-2H3. The van der Waals surface area contributed by atoms with Crippen molar-refractivity contribution < 1.29 is 0 Å². The van der Waals surface area contributed by atoms with Crippen LogP contribution in [0.2, 0.25) is 0 Å². The maximum atomic E-state index is 4.76. The maximum Gasteiger partial charge on any atom is 0.107 e. The highest BCUT2D eigenvalue weighted by Gasteiger charge is 2.39. The van der Waals surface area contributed by atoms with Crippen molar-refractivity contribution in [2.24, 2.45) is 17.8 Å². The number of nitrogens with zero attached hydrogens (tertiary/aromatic N) is 2. The van der Waals surface area contributed by atoms with Crippen molar-refractivity contribution in [1.29, 1.82) is 0 Å². The molecule has 2 saturated carbocycles. The van der Waals surface area contributed by atoms with Crippen LogP contribution >= 0.6 is 11.3 Å². The Morgan fingerprint density at radius 3 is 3.00 bits per heavy atom. The molecule has 118 valence electrons. The highest BCUT2D eigenvalue weighted by molar-refractivity contribution is 7.09. The number of aromatic nitrogens is 1. The van der Waals surface area contributed by atoms with Gasteiger partial charge in [0, 0.05) is 25.0 Å². The third-order valence-electron chi connectivity index (χ3n) is 5.16. The summed E-state index contributed by atoms with van der Waals surface area (Å²) in [5.41, 5.74) is 1.25. The number of hydrogen-bond acceptors (Lipinski definition) is 4. The van der Waals surface area contributed by atoms with Crippen LogP contribution in [0.3, 0.4) is 0 Å². The average molecular weight is 308 g/mol. The van der Waals surface area contributed by atoms with Gasteiger partial charge in [-0.25, -0.2) is 4.98 Å². The molecule has 2 aliphatic carbocycles. The van der Waals surface area contributed by atoms with Crippen molar-refractivity contribution >= 4 is 11.3 Å². The minimum atomic E-state index is 0.925. The number of fused-ring (bicyclic) bond motifs is 2. The average Bonchev–Trinajstić information content (AvgIpc) is 3.16. The smallest absolute Gasteiger partial charge is 0.107 e. The molecule has 1 aromatic heterocycles. The maximum absolute atomic E-state index is 4.76. The molecule has 1 N–H and O–H groups in total. The van der Waals surface area contributed by atoms with E-state index in [1.165, 1.54) is 49.4 Å². The highest BCUT2D eigenvalue weighted by Crippen LogP contribution is 2.48. The van der Waals surface area contributed by atoms with E-state index < -0.39 is 0 Å². The van der Waals surface area contributed by atoms with Gasteiger partial charge in [0.05, 0.1) is 5.69 Å². The van der Waals surface area contributed by atoms with Crippen LogP contribution in [-0.2, 0) is 13.1 Å². The summed E-state index contributed by atoms with van der Waals surface area (Å²) in [5.74, 6) is 3.05. The van der Waals surface area contributed by atoms with E-state index in [2.05, 4.69) is 29.6 Å². The van der Waals surface area contributed by atoms with Crippen LogP contribution in [0, 0.1) is 17.8 Å². The second kappa shape index (κ2) is 7.21. The summed E-state index contributed by atoms with van der Waals surface area (Å²) in [4.78, 5) is 7.25. The lowest BCUT2D eigenvalue weighted by atomic mass is 9.88. The Morgan fingerprint density at radius 2 is 2.29 bits per heavy atom. The largest absolute Gasteiger partial charge is 0.310 e. The molecular formula is C17H29N3S. The summed E-state index contributed by atoms with van der Waals surface area (Å²) >= 11 is 1.80. The van der Waals surface area contributed by atoms with Gasteiger partial charge in [-0.3, -0.25) is 0 Å². The molecule has 4 heteroatoms. The summed E-state index contributed by atoms with van der Waals surface area (Å²) in [6, 6.07) is 0. The fourth-order valence-corrected chi connectivity index (χ4v) is 4.97. The van der Waals surface area contributed by atoms with Crippen molar-refractivity contribution in [2.75, 3.05) is 20.1 Å². The minimum absolute atomic E-state index is 0.925. The number of nitrogens with one attached hydrogen (secondary N) is 1. The first-order valence-corrected chi connectivity index (χ1v) is 9.45. The van der Waals surface area contributed by atoms with Crippen LogP contribution in [-0.4, -0.2) is 30.0 Å². The van der Waals surface area contributed by atoms with Crippen molar-refractivity contribution in [3.8, 4) is 0 Å². The van der Waals surface area contributed by atoms with Crippen molar-refractivity contribution in [3.63, 3.8) is 0 Å². The zero-order chi connectivity index (χ0) is 14.7. The number of rotatable bonds is 8. The molecule has 0 amide bonds. The summed E-state index contributed by atoms with van der Waals surface area (Å²) < 4.78 is 0. The predicted molar refractivity (Wildman–Crippen MR) is 89.4 cm³/mol. The summed E-state index contributed by atoms with van der Waals surface area (Å²) in [7, 11) is 2.26. The summed E-state index contributed by atoms with van der Waals surface area (Å²) in [5, 5.41) is 6.89. The zero-order valence-corrected chi connectivity index (χ0v) is 14.3. The quantitative estimate of drug-likeness (QED) is 0.745. The Kier molecular flexibility index (Phi) is 5.30. The molecule has 3 nitrogen and oxygen atoms in total. The molecule has 1 heterocycles. The SMILES string of the molecule is CCCNCc1nc(CN(C)CC2CC3CCC2C3)cs1. The molecule has 2 aliphatic rings. The second-order valence-electron chi connectivity index (χ2n) is 7.04. The van der Waals surface area contributed by atoms with Gasteiger partial charge in [0.2, 0.25) is 0 Å². The van der Waals surface area contributed by atoms with E-state index >= 15 is 0 Å². The van der Waals surface area contributed by atoms with Crippen LogP contribution in [0.25, 0.3) is 0 Å². The second-order valence-corrected chi connectivity index (χ2v) is 7.98. The Labute approximate surface area is 133 Å².